The third-order valence-electron chi connectivity index (χ3n) is 4.94. The Balaban J connectivity index is 1.80. The standard InChI is InChI=1S/C24H18ClFN2O/c1-14-7-8-16(11-15(14)2)23-13-19(18-5-3-4-6-22(18)28-23)24(29)27-17-9-10-21(26)20(25)12-17/h3-13H,1-2H3,(H,27,29). The normalized spacial score (nSPS) is 10.9. The van der Waals surface area contributed by atoms with E-state index in [2.05, 4.69) is 18.3 Å². The predicted molar refractivity (Wildman–Crippen MR) is 116 cm³/mol. The fraction of sp³-hybridized carbons (Fsp3) is 0.0833. The molecule has 4 aromatic rings. The zero-order valence-corrected chi connectivity index (χ0v) is 16.7. The van der Waals surface area contributed by atoms with Crippen LogP contribution in [0.1, 0.15) is 21.5 Å². The molecular weight excluding hydrogens is 387 g/mol. The predicted octanol–water partition coefficient (Wildman–Crippen LogP) is 6.56. The van der Waals surface area contributed by atoms with Gasteiger partial charge in [0, 0.05) is 16.6 Å². The number of rotatable bonds is 3. The van der Waals surface area contributed by atoms with Gasteiger partial charge >= 0.3 is 0 Å². The van der Waals surface area contributed by atoms with Gasteiger partial charge in [0.05, 0.1) is 21.8 Å². The van der Waals surface area contributed by atoms with Crippen LogP contribution in [0.5, 0.6) is 0 Å². The third kappa shape index (κ3) is 3.84. The first-order valence-electron chi connectivity index (χ1n) is 9.16. The van der Waals surface area contributed by atoms with Crippen LogP contribution in [0.15, 0.2) is 66.7 Å². The van der Waals surface area contributed by atoms with Crippen molar-refractivity contribution >= 4 is 34.1 Å². The van der Waals surface area contributed by atoms with Gasteiger partial charge < -0.3 is 5.32 Å². The first-order valence-corrected chi connectivity index (χ1v) is 9.54. The van der Waals surface area contributed by atoms with E-state index in [9.17, 15) is 9.18 Å². The summed E-state index contributed by atoms with van der Waals surface area (Å²) in [4.78, 5) is 17.8. The second kappa shape index (κ2) is 7.64. The van der Waals surface area contributed by atoms with Crippen molar-refractivity contribution in [1.82, 2.24) is 4.98 Å². The summed E-state index contributed by atoms with van der Waals surface area (Å²) < 4.78 is 13.4. The number of aryl methyl sites for hydroxylation is 2. The summed E-state index contributed by atoms with van der Waals surface area (Å²) in [5, 5.41) is 3.50. The summed E-state index contributed by atoms with van der Waals surface area (Å²) in [5.74, 6) is -0.840. The first kappa shape index (κ1) is 19.1. The summed E-state index contributed by atoms with van der Waals surface area (Å²) >= 11 is 5.83. The highest BCUT2D eigenvalue weighted by molar-refractivity contribution is 6.31. The van der Waals surface area contributed by atoms with Crippen LogP contribution in [0.25, 0.3) is 22.2 Å². The molecule has 0 bridgehead atoms. The van der Waals surface area contributed by atoms with E-state index >= 15 is 0 Å². The SMILES string of the molecule is Cc1ccc(-c2cc(C(=O)Nc3ccc(F)c(Cl)c3)c3ccccc3n2)cc1C. The number of para-hydroxylation sites is 1. The Morgan fingerprint density at radius 2 is 1.76 bits per heavy atom. The molecule has 1 aromatic heterocycles. The lowest BCUT2D eigenvalue weighted by atomic mass is 10.0. The van der Waals surface area contributed by atoms with Gasteiger partial charge in [-0.2, -0.15) is 0 Å². The Labute approximate surface area is 173 Å². The summed E-state index contributed by atoms with van der Waals surface area (Å²) in [6, 6.07) is 19.5. The maximum Gasteiger partial charge on any atom is 0.256 e. The Morgan fingerprint density at radius 3 is 2.52 bits per heavy atom. The number of hydrogen-bond acceptors (Lipinski definition) is 2. The summed E-state index contributed by atoms with van der Waals surface area (Å²) in [6.45, 7) is 4.10. The van der Waals surface area contributed by atoms with Crippen molar-refractivity contribution in [3.8, 4) is 11.3 Å². The van der Waals surface area contributed by atoms with Gasteiger partial charge in [-0.25, -0.2) is 9.37 Å². The summed E-state index contributed by atoms with van der Waals surface area (Å²) in [7, 11) is 0. The lowest BCUT2D eigenvalue weighted by molar-refractivity contribution is 0.102. The number of hydrogen-bond donors (Lipinski definition) is 1. The van der Waals surface area contributed by atoms with Gasteiger partial charge in [0.1, 0.15) is 5.82 Å². The molecule has 1 N–H and O–H groups in total. The molecule has 5 heteroatoms. The molecule has 0 radical (unpaired) electrons. The highest BCUT2D eigenvalue weighted by Gasteiger charge is 2.15. The van der Waals surface area contributed by atoms with Gasteiger partial charge in [-0.3, -0.25) is 4.79 Å². The van der Waals surface area contributed by atoms with Crippen molar-refractivity contribution in [3.63, 3.8) is 0 Å². The fourth-order valence-corrected chi connectivity index (χ4v) is 3.36. The van der Waals surface area contributed by atoms with E-state index in [0.29, 0.717) is 16.9 Å². The number of aromatic nitrogens is 1. The molecule has 4 rings (SSSR count). The molecule has 3 nitrogen and oxygen atoms in total. The highest BCUT2D eigenvalue weighted by atomic mass is 35.5. The smallest absolute Gasteiger partial charge is 0.256 e. The molecule has 0 saturated heterocycles. The van der Waals surface area contributed by atoms with Crippen LogP contribution in [0.3, 0.4) is 0 Å². The molecule has 0 spiro atoms. The molecule has 0 fully saturated rings. The zero-order valence-electron chi connectivity index (χ0n) is 16.0. The van der Waals surface area contributed by atoms with Crippen molar-refractivity contribution in [2.24, 2.45) is 0 Å². The number of benzene rings is 3. The average Bonchev–Trinajstić information content (AvgIpc) is 2.72. The van der Waals surface area contributed by atoms with Crippen LogP contribution in [0.4, 0.5) is 10.1 Å². The minimum absolute atomic E-state index is 0.0433. The van der Waals surface area contributed by atoms with Crippen LogP contribution in [0, 0.1) is 19.7 Å². The number of carbonyl (C=O) groups excluding carboxylic acids is 1. The molecule has 1 amide bonds. The molecule has 3 aromatic carbocycles. The highest BCUT2D eigenvalue weighted by Crippen LogP contribution is 2.27. The Kier molecular flexibility index (Phi) is 5.03. The van der Waals surface area contributed by atoms with Crippen molar-refractivity contribution in [2.75, 3.05) is 5.32 Å². The van der Waals surface area contributed by atoms with Crippen molar-refractivity contribution < 1.29 is 9.18 Å². The van der Waals surface area contributed by atoms with Crippen LogP contribution in [-0.2, 0) is 0 Å². The lowest BCUT2D eigenvalue weighted by Crippen LogP contribution is -2.13. The number of nitrogens with one attached hydrogen (secondary N) is 1. The molecule has 0 aliphatic heterocycles. The molecule has 29 heavy (non-hydrogen) atoms. The number of carbonyl (C=O) groups is 1. The number of nitrogens with zero attached hydrogens (tertiary/aromatic N) is 1. The van der Waals surface area contributed by atoms with E-state index in [0.717, 1.165) is 22.0 Å². The maximum absolute atomic E-state index is 13.4. The second-order valence-corrected chi connectivity index (χ2v) is 7.36. The van der Waals surface area contributed by atoms with E-state index in [1.54, 1.807) is 6.07 Å². The topological polar surface area (TPSA) is 42.0 Å². The lowest BCUT2D eigenvalue weighted by Gasteiger charge is -2.12. The van der Waals surface area contributed by atoms with Crippen molar-refractivity contribution in [1.29, 1.82) is 0 Å². The molecule has 0 aliphatic carbocycles. The summed E-state index contributed by atoms with van der Waals surface area (Å²) in [6.07, 6.45) is 0. The number of halogens is 2. The van der Waals surface area contributed by atoms with Gasteiger partial charge in [0.15, 0.2) is 0 Å². The molecule has 0 unspecified atom stereocenters. The van der Waals surface area contributed by atoms with Crippen molar-refractivity contribution in [3.05, 3.63) is 94.3 Å². The van der Waals surface area contributed by atoms with E-state index in [-0.39, 0.29) is 10.9 Å². The van der Waals surface area contributed by atoms with E-state index < -0.39 is 5.82 Å². The van der Waals surface area contributed by atoms with Gasteiger partial charge in [-0.15, -0.1) is 0 Å². The molecule has 144 valence electrons. The minimum Gasteiger partial charge on any atom is -0.322 e. The fourth-order valence-electron chi connectivity index (χ4n) is 3.18. The Morgan fingerprint density at radius 1 is 0.966 bits per heavy atom. The molecule has 0 aliphatic rings. The number of anilines is 1. The monoisotopic (exact) mass is 404 g/mol. The first-order chi connectivity index (χ1) is 13.9. The quantitative estimate of drug-likeness (QED) is 0.420. The van der Waals surface area contributed by atoms with Crippen LogP contribution in [0.2, 0.25) is 5.02 Å². The largest absolute Gasteiger partial charge is 0.322 e. The third-order valence-corrected chi connectivity index (χ3v) is 5.23. The van der Waals surface area contributed by atoms with Gasteiger partial charge in [-0.1, -0.05) is 41.9 Å². The summed E-state index contributed by atoms with van der Waals surface area (Å²) in [5.41, 5.74) is 5.65. The molecule has 0 saturated carbocycles. The molecule has 0 atom stereocenters. The maximum atomic E-state index is 13.4. The number of amides is 1. The van der Waals surface area contributed by atoms with E-state index in [1.807, 2.05) is 43.3 Å². The van der Waals surface area contributed by atoms with Crippen LogP contribution >= 0.6 is 11.6 Å². The van der Waals surface area contributed by atoms with Gasteiger partial charge in [0.2, 0.25) is 0 Å². The molecule has 1 heterocycles. The Bertz CT molecular complexity index is 1250. The second-order valence-electron chi connectivity index (χ2n) is 6.95. The Hall–Kier alpha value is -3.24. The van der Waals surface area contributed by atoms with Gasteiger partial charge in [-0.05, 0) is 61.4 Å². The number of fused-ring (bicyclic) bond motifs is 1. The van der Waals surface area contributed by atoms with Gasteiger partial charge in [0.25, 0.3) is 5.91 Å². The minimum atomic E-state index is -0.531. The van der Waals surface area contributed by atoms with Crippen LogP contribution < -0.4 is 5.32 Å². The van der Waals surface area contributed by atoms with E-state index in [1.165, 1.54) is 23.8 Å². The van der Waals surface area contributed by atoms with Crippen molar-refractivity contribution in [2.45, 2.75) is 13.8 Å². The zero-order chi connectivity index (χ0) is 20.5. The van der Waals surface area contributed by atoms with Crippen LogP contribution in [-0.4, -0.2) is 10.9 Å². The van der Waals surface area contributed by atoms with E-state index in [4.69, 9.17) is 16.6 Å². The number of pyridine rings is 1. The average molecular weight is 405 g/mol. The molecular formula is C24H18ClFN2O.